The highest BCUT2D eigenvalue weighted by Gasteiger charge is 2.79. The van der Waals surface area contributed by atoms with Crippen molar-refractivity contribution >= 4 is 11.9 Å². The van der Waals surface area contributed by atoms with Gasteiger partial charge in [0.05, 0.1) is 11.0 Å². The number of fused-ring (bicyclic) bond motifs is 4. The predicted octanol–water partition coefficient (Wildman–Crippen LogP) is 8.63. The number of carbonyl (C=O) groups excluding carboxylic acids is 2. The van der Waals surface area contributed by atoms with E-state index in [1.807, 2.05) is 30.3 Å². The van der Waals surface area contributed by atoms with Gasteiger partial charge in [0, 0.05) is 5.41 Å². The van der Waals surface area contributed by atoms with Crippen molar-refractivity contribution in [2.45, 2.75) is 125 Å². The van der Waals surface area contributed by atoms with Crippen LogP contribution < -0.4 is 0 Å². The minimum absolute atomic E-state index is 0.0151. The standard InChI is InChI=1S/C37H52O4/c1-23-25(40-30(38)24-11-9-8-10-12-24)13-14-26-33(23,4)16-15-27-34(26,5)19-20-37-28-21-32(2,3)17-18-35(28,6)29(41-31(37)39)22-36(27,37)7/h8-12,23,25-29H,13-22H2,1-7H3. The Labute approximate surface area is 247 Å². The molecule has 5 saturated carbocycles. The lowest BCUT2D eigenvalue weighted by Crippen LogP contribution is -2.77. The number of ether oxygens (including phenoxy) is 2. The van der Waals surface area contributed by atoms with Crippen molar-refractivity contribution in [3.63, 3.8) is 0 Å². The van der Waals surface area contributed by atoms with E-state index in [0.717, 1.165) is 51.4 Å². The number of hydrogen-bond acceptors (Lipinski definition) is 4. The predicted molar refractivity (Wildman–Crippen MR) is 160 cm³/mol. The van der Waals surface area contributed by atoms with Gasteiger partial charge >= 0.3 is 11.9 Å². The second-order valence-corrected chi connectivity index (χ2v) is 17.2. The molecule has 41 heavy (non-hydrogen) atoms. The molecule has 0 aromatic heterocycles. The number of rotatable bonds is 2. The normalized spacial score (nSPS) is 51.3. The van der Waals surface area contributed by atoms with E-state index < -0.39 is 0 Å². The van der Waals surface area contributed by atoms with E-state index in [2.05, 4.69) is 48.5 Å². The lowest BCUT2D eigenvalue weighted by Gasteiger charge is -2.77. The highest BCUT2D eigenvalue weighted by Crippen LogP contribution is 2.80. The van der Waals surface area contributed by atoms with Crippen LogP contribution in [0, 0.1) is 56.2 Å². The van der Waals surface area contributed by atoms with Crippen molar-refractivity contribution < 1.29 is 19.1 Å². The molecule has 4 nitrogen and oxygen atoms in total. The van der Waals surface area contributed by atoms with Gasteiger partial charge in [-0.2, -0.15) is 0 Å². The van der Waals surface area contributed by atoms with Gasteiger partial charge in [0.1, 0.15) is 12.2 Å². The van der Waals surface area contributed by atoms with Gasteiger partial charge in [-0.05, 0) is 122 Å². The first kappa shape index (κ1) is 28.0. The van der Waals surface area contributed by atoms with Gasteiger partial charge in [-0.15, -0.1) is 0 Å². The van der Waals surface area contributed by atoms with Crippen LogP contribution in [-0.2, 0) is 14.3 Å². The van der Waals surface area contributed by atoms with Gasteiger partial charge in [-0.1, -0.05) is 66.7 Å². The average Bonchev–Trinajstić information content (AvgIpc) is 2.92. The summed E-state index contributed by atoms with van der Waals surface area (Å²) in [7, 11) is 0. The Morgan fingerprint density at radius 2 is 1.49 bits per heavy atom. The molecule has 1 aromatic rings. The molecule has 8 rings (SSSR count). The molecular formula is C37H52O4. The Balaban J connectivity index is 1.20. The Bertz CT molecular complexity index is 1250. The minimum Gasteiger partial charge on any atom is -0.461 e. The van der Waals surface area contributed by atoms with Gasteiger partial charge in [0.15, 0.2) is 0 Å². The highest BCUT2D eigenvalue weighted by atomic mass is 16.6. The molecule has 0 radical (unpaired) electrons. The molecule has 0 N–H and O–H groups in total. The van der Waals surface area contributed by atoms with Crippen LogP contribution >= 0.6 is 0 Å². The first-order valence-electron chi connectivity index (χ1n) is 16.7. The molecule has 224 valence electrons. The van der Waals surface area contributed by atoms with Crippen LogP contribution in [0.2, 0.25) is 0 Å². The SMILES string of the molecule is CC1C(OC(=O)c2ccccc2)CCC2C1(C)CCC1C2(C)CCC23C(=O)OC(CC12C)C1(C)CCC(C)(C)CC13. The maximum Gasteiger partial charge on any atom is 0.338 e. The fraction of sp³-hybridized carbons (Fsp3) is 0.784. The number of hydrogen-bond donors (Lipinski definition) is 0. The van der Waals surface area contributed by atoms with Gasteiger partial charge in [-0.3, -0.25) is 4.79 Å². The number of esters is 2. The largest absolute Gasteiger partial charge is 0.461 e. The zero-order valence-electron chi connectivity index (χ0n) is 26.6. The lowest BCUT2D eigenvalue weighted by atomic mass is 9.28. The molecule has 11 atom stereocenters. The summed E-state index contributed by atoms with van der Waals surface area (Å²) in [6.07, 6.45) is 11.1. The summed E-state index contributed by atoms with van der Waals surface area (Å²) in [5.41, 5.74) is 1.00. The van der Waals surface area contributed by atoms with Crippen LogP contribution in [0.15, 0.2) is 30.3 Å². The molecule has 1 aromatic carbocycles. The third kappa shape index (κ3) is 3.46. The molecule has 0 amide bonds. The maximum absolute atomic E-state index is 14.2. The third-order valence-electron chi connectivity index (χ3n) is 15.3. The van der Waals surface area contributed by atoms with Crippen LogP contribution in [0.25, 0.3) is 0 Å². The van der Waals surface area contributed by atoms with Crippen molar-refractivity contribution in [1.82, 2.24) is 0 Å². The van der Waals surface area contributed by atoms with Gasteiger partial charge in [-0.25, -0.2) is 4.79 Å². The van der Waals surface area contributed by atoms with Crippen molar-refractivity contribution in [2.24, 2.45) is 56.2 Å². The zero-order valence-corrected chi connectivity index (χ0v) is 26.6. The van der Waals surface area contributed by atoms with Crippen molar-refractivity contribution in [3.8, 4) is 0 Å². The fourth-order valence-corrected chi connectivity index (χ4v) is 12.8. The fourth-order valence-electron chi connectivity index (χ4n) is 12.8. The van der Waals surface area contributed by atoms with Gasteiger partial charge in [0.25, 0.3) is 0 Å². The van der Waals surface area contributed by atoms with Crippen molar-refractivity contribution in [2.75, 3.05) is 0 Å². The van der Waals surface area contributed by atoms with Crippen LogP contribution in [0.5, 0.6) is 0 Å². The number of benzene rings is 1. The molecule has 7 aliphatic rings. The Hall–Kier alpha value is -1.84. The van der Waals surface area contributed by atoms with E-state index in [-0.39, 0.29) is 56.6 Å². The summed E-state index contributed by atoms with van der Waals surface area (Å²) < 4.78 is 12.6. The molecule has 2 heterocycles. The van der Waals surface area contributed by atoms with Crippen LogP contribution in [0.4, 0.5) is 0 Å². The summed E-state index contributed by atoms with van der Waals surface area (Å²) in [5.74, 6) is 1.81. The van der Waals surface area contributed by atoms with Crippen LogP contribution in [-0.4, -0.2) is 24.1 Å². The molecule has 11 unspecified atom stereocenters. The molecule has 1 spiro atoms. The van der Waals surface area contributed by atoms with Crippen molar-refractivity contribution in [3.05, 3.63) is 35.9 Å². The Morgan fingerprint density at radius 3 is 2.22 bits per heavy atom. The smallest absolute Gasteiger partial charge is 0.338 e. The number of carbonyl (C=O) groups is 2. The third-order valence-corrected chi connectivity index (χ3v) is 15.3. The second kappa shape index (κ2) is 8.63. The van der Waals surface area contributed by atoms with Crippen LogP contribution in [0.1, 0.15) is 123 Å². The summed E-state index contributed by atoms with van der Waals surface area (Å²) >= 11 is 0. The molecule has 2 bridgehead atoms. The highest BCUT2D eigenvalue weighted by molar-refractivity contribution is 5.89. The lowest BCUT2D eigenvalue weighted by molar-refractivity contribution is -0.321. The maximum atomic E-state index is 14.2. The van der Waals surface area contributed by atoms with Gasteiger partial charge < -0.3 is 9.47 Å². The molecule has 4 heteroatoms. The zero-order chi connectivity index (χ0) is 29.2. The van der Waals surface area contributed by atoms with E-state index >= 15 is 0 Å². The van der Waals surface area contributed by atoms with E-state index in [9.17, 15) is 9.59 Å². The van der Waals surface area contributed by atoms with E-state index in [1.54, 1.807) is 0 Å². The first-order chi connectivity index (χ1) is 19.2. The van der Waals surface area contributed by atoms with E-state index in [0.29, 0.717) is 29.2 Å². The topological polar surface area (TPSA) is 52.6 Å². The van der Waals surface area contributed by atoms with E-state index in [4.69, 9.17) is 9.47 Å². The summed E-state index contributed by atoms with van der Waals surface area (Å²) in [6.45, 7) is 17.3. The molecule has 2 saturated heterocycles. The summed E-state index contributed by atoms with van der Waals surface area (Å²) in [4.78, 5) is 27.2. The Kier molecular flexibility index (Phi) is 5.88. The van der Waals surface area contributed by atoms with Crippen molar-refractivity contribution in [1.29, 1.82) is 0 Å². The van der Waals surface area contributed by atoms with Gasteiger partial charge in [0.2, 0.25) is 0 Å². The monoisotopic (exact) mass is 560 g/mol. The summed E-state index contributed by atoms with van der Waals surface area (Å²) in [5, 5.41) is 0. The van der Waals surface area contributed by atoms with Crippen LogP contribution in [0.3, 0.4) is 0 Å². The quantitative estimate of drug-likeness (QED) is 0.340. The molecule has 5 aliphatic carbocycles. The first-order valence-corrected chi connectivity index (χ1v) is 16.7. The molecular weight excluding hydrogens is 508 g/mol. The summed E-state index contributed by atoms with van der Waals surface area (Å²) in [6, 6.07) is 9.45. The van der Waals surface area contributed by atoms with E-state index in [1.165, 1.54) is 12.8 Å². The minimum atomic E-state index is -0.347. The molecule has 7 fully saturated rings. The average molecular weight is 561 g/mol. The molecule has 2 aliphatic heterocycles. The Morgan fingerprint density at radius 1 is 0.780 bits per heavy atom. The second-order valence-electron chi connectivity index (χ2n) is 17.2.